The lowest BCUT2D eigenvalue weighted by atomic mass is 10.1. The molecule has 0 aliphatic carbocycles. The Bertz CT molecular complexity index is 1400. The second-order valence-corrected chi connectivity index (χ2v) is 8.03. The number of hydrogen-bond donors (Lipinski definition) is 1. The van der Waals surface area contributed by atoms with Gasteiger partial charge in [0, 0.05) is 17.0 Å². The Balaban J connectivity index is 1.28. The van der Waals surface area contributed by atoms with E-state index in [1.54, 1.807) is 24.3 Å². The number of halogens is 1. The monoisotopic (exact) mass is 514 g/mol. The van der Waals surface area contributed by atoms with Crippen molar-refractivity contribution in [3.8, 4) is 17.7 Å². The van der Waals surface area contributed by atoms with Gasteiger partial charge in [-0.05, 0) is 57.9 Å². The number of benzene rings is 3. The number of carbonyl (C=O) groups is 1. The molecular formula is C26H19BrN4O3. The number of rotatable bonds is 8. The number of para-hydroxylation sites is 1. The zero-order valence-electron chi connectivity index (χ0n) is 17.9. The molecule has 1 heterocycles. The predicted molar refractivity (Wildman–Crippen MR) is 133 cm³/mol. The summed E-state index contributed by atoms with van der Waals surface area (Å²) in [6.07, 6.45) is 1.52. The van der Waals surface area contributed by atoms with Crippen LogP contribution in [-0.4, -0.2) is 23.7 Å². The van der Waals surface area contributed by atoms with Crippen molar-refractivity contribution < 1.29 is 14.3 Å². The molecule has 1 amide bonds. The van der Waals surface area contributed by atoms with Crippen molar-refractivity contribution >= 4 is 39.0 Å². The number of nitrogens with one attached hydrogen (secondary N) is 1. The van der Waals surface area contributed by atoms with Crippen molar-refractivity contribution in [2.24, 2.45) is 5.10 Å². The molecule has 1 N–H and O–H groups in total. The number of ether oxygens (including phenoxy) is 2. The predicted octanol–water partition coefficient (Wildman–Crippen LogP) is 4.98. The average Bonchev–Trinajstić information content (AvgIpc) is 2.87. The van der Waals surface area contributed by atoms with E-state index in [-0.39, 0.29) is 13.2 Å². The summed E-state index contributed by atoms with van der Waals surface area (Å²) in [5.74, 6) is 0.598. The summed E-state index contributed by atoms with van der Waals surface area (Å²) < 4.78 is 12.0. The van der Waals surface area contributed by atoms with Gasteiger partial charge in [-0.15, -0.1) is 0 Å². The average molecular weight is 515 g/mol. The highest BCUT2D eigenvalue weighted by atomic mass is 79.9. The summed E-state index contributed by atoms with van der Waals surface area (Å²) in [7, 11) is 0. The van der Waals surface area contributed by atoms with E-state index in [0.29, 0.717) is 17.2 Å². The SMILES string of the molecule is N#Cc1ccccc1COc1ccc(/C=N\NC(=O)COc2ccc3ccccc3n2)cc1Br. The van der Waals surface area contributed by atoms with Crippen LogP contribution >= 0.6 is 15.9 Å². The van der Waals surface area contributed by atoms with Gasteiger partial charge in [0.1, 0.15) is 12.4 Å². The van der Waals surface area contributed by atoms with Gasteiger partial charge in [0.05, 0.1) is 27.8 Å². The summed E-state index contributed by atoms with van der Waals surface area (Å²) in [6, 6.07) is 26.1. The van der Waals surface area contributed by atoms with Gasteiger partial charge in [-0.25, -0.2) is 10.4 Å². The van der Waals surface area contributed by atoms with Gasteiger partial charge >= 0.3 is 0 Å². The first-order chi connectivity index (χ1) is 16.6. The Hall–Kier alpha value is -4.22. The topological polar surface area (TPSA) is 96.6 Å². The van der Waals surface area contributed by atoms with Gasteiger partial charge in [-0.1, -0.05) is 36.4 Å². The van der Waals surface area contributed by atoms with Crippen LogP contribution < -0.4 is 14.9 Å². The highest BCUT2D eigenvalue weighted by Gasteiger charge is 2.06. The van der Waals surface area contributed by atoms with E-state index in [4.69, 9.17) is 9.47 Å². The zero-order chi connectivity index (χ0) is 23.8. The largest absolute Gasteiger partial charge is 0.488 e. The third-order valence-corrected chi connectivity index (χ3v) is 5.42. The van der Waals surface area contributed by atoms with Gasteiger partial charge in [0.2, 0.25) is 5.88 Å². The molecule has 7 nitrogen and oxygen atoms in total. The molecule has 0 unspecified atom stereocenters. The van der Waals surface area contributed by atoms with E-state index in [1.165, 1.54) is 6.21 Å². The minimum atomic E-state index is -0.401. The number of pyridine rings is 1. The molecule has 4 rings (SSSR count). The van der Waals surface area contributed by atoms with Crippen LogP contribution in [0.2, 0.25) is 0 Å². The summed E-state index contributed by atoms with van der Waals surface area (Å²) in [4.78, 5) is 16.4. The zero-order valence-corrected chi connectivity index (χ0v) is 19.5. The Kier molecular flexibility index (Phi) is 7.48. The van der Waals surface area contributed by atoms with Crippen LogP contribution in [0.15, 0.2) is 88.4 Å². The molecule has 3 aromatic carbocycles. The molecule has 168 valence electrons. The molecule has 34 heavy (non-hydrogen) atoms. The van der Waals surface area contributed by atoms with Crippen molar-refractivity contribution in [3.05, 3.63) is 100 Å². The van der Waals surface area contributed by atoms with Crippen LogP contribution in [0.3, 0.4) is 0 Å². The maximum Gasteiger partial charge on any atom is 0.278 e. The highest BCUT2D eigenvalue weighted by molar-refractivity contribution is 9.10. The van der Waals surface area contributed by atoms with Gasteiger partial charge < -0.3 is 9.47 Å². The van der Waals surface area contributed by atoms with Gasteiger partial charge in [0.25, 0.3) is 5.91 Å². The smallest absolute Gasteiger partial charge is 0.278 e. The summed E-state index contributed by atoms with van der Waals surface area (Å²) in [5.41, 5.74) is 5.38. The first-order valence-corrected chi connectivity index (χ1v) is 11.1. The summed E-state index contributed by atoms with van der Waals surface area (Å²) >= 11 is 3.48. The Morgan fingerprint density at radius 1 is 1.06 bits per heavy atom. The van der Waals surface area contributed by atoms with Gasteiger partial charge in [-0.2, -0.15) is 10.4 Å². The van der Waals surface area contributed by atoms with E-state index in [9.17, 15) is 10.1 Å². The van der Waals surface area contributed by atoms with Crippen molar-refractivity contribution in [3.63, 3.8) is 0 Å². The van der Waals surface area contributed by atoms with E-state index in [1.807, 2.05) is 54.6 Å². The molecule has 0 aliphatic heterocycles. The lowest BCUT2D eigenvalue weighted by molar-refractivity contribution is -0.123. The molecule has 1 aromatic heterocycles. The molecule has 0 atom stereocenters. The Labute approximate surface area is 204 Å². The number of amides is 1. The second kappa shape index (κ2) is 11.1. The number of fused-ring (bicyclic) bond motifs is 1. The van der Waals surface area contributed by atoms with Gasteiger partial charge in [-0.3, -0.25) is 4.79 Å². The summed E-state index contributed by atoms with van der Waals surface area (Å²) in [5, 5.41) is 14.2. The quantitative estimate of drug-likeness (QED) is 0.264. The molecule has 0 spiro atoms. The van der Waals surface area contributed by atoms with Crippen LogP contribution in [-0.2, 0) is 11.4 Å². The van der Waals surface area contributed by atoms with Crippen molar-refractivity contribution in [2.75, 3.05) is 6.61 Å². The van der Waals surface area contributed by atoms with Crippen LogP contribution in [0.25, 0.3) is 10.9 Å². The highest BCUT2D eigenvalue weighted by Crippen LogP contribution is 2.26. The first kappa shape index (κ1) is 23.0. The standard InChI is InChI=1S/C26H19BrN4O3/c27-22-13-18(9-11-24(22)33-16-21-7-2-1-6-20(21)14-28)15-29-31-25(32)17-34-26-12-10-19-5-3-4-8-23(19)30-26/h1-13,15H,16-17H2,(H,31,32)/b29-15-. The van der Waals surface area contributed by atoms with Crippen LogP contribution in [0.1, 0.15) is 16.7 Å². The molecular weight excluding hydrogens is 496 g/mol. The number of nitrogens with zero attached hydrogens (tertiary/aromatic N) is 3. The lowest BCUT2D eigenvalue weighted by Gasteiger charge is -2.10. The number of aromatic nitrogens is 1. The fourth-order valence-electron chi connectivity index (χ4n) is 3.10. The Morgan fingerprint density at radius 3 is 2.74 bits per heavy atom. The summed E-state index contributed by atoms with van der Waals surface area (Å²) in [6.45, 7) is 0.0707. The molecule has 0 radical (unpaired) electrons. The van der Waals surface area contributed by atoms with E-state index < -0.39 is 5.91 Å². The van der Waals surface area contributed by atoms with Crippen molar-refractivity contribution in [1.82, 2.24) is 10.4 Å². The van der Waals surface area contributed by atoms with Crippen molar-refractivity contribution in [1.29, 1.82) is 5.26 Å². The third kappa shape index (κ3) is 5.97. The minimum absolute atomic E-state index is 0.205. The maximum absolute atomic E-state index is 12.0. The lowest BCUT2D eigenvalue weighted by Crippen LogP contribution is -2.24. The minimum Gasteiger partial charge on any atom is -0.488 e. The number of carbonyl (C=O) groups excluding carboxylic acids is 1. The van der Waals surface area contributed by atoms with E-state index in [2.05, 4.69) is 37.5 Å². The number of nitriles is 1. The molecule has 0 aliphatic rings. The van der Waals surface area contributed by atoms with Crippen molar-refractivity contribution in [2.45, 2.75) is 6.61 Å². The molecule has 0 bridgehead atoms. The molecule has 4 aromatic rings. The second-order valence-electron chi connectivity index (χ2n) is 7.17. The first-order valence-electron chi connectivity index (χ1n) is 10.3. The molecule has 8 heteroatoms. The molecule has 0 fully saturated rings. The fourth-order valence-corrected chi connectivity index (χ4v) is 3.61. The normalized spacial score (nSPS) is 10.7. The van der Waals surface area contributed by atoms with E-state index in [0.717, 1.165) is 26.5 Å². The number of hydrogen-bond acceptors (Lipinski definition) is 6. The number of hydrazone groups is 1. The third-order valence-electron chi connectivity index (χ3n) is 4.80. The van der Waals surface area contributed by atoms with Crippen LogP contribution in [0, 0.1) is 11.3 Å². The Morgan fingerprint density at radius 2 is 1.88 bits per heavy atom. The maximum atomic E-state index is 12.0. The van der Waals surface area contributed by atoms with Gasteiger partial charge in [0.15, 0.2) is 6.61 Å². The molecule has 0 saturated carbocycles. The van der Waals surface area contributed by atoms with E-state index >= 15 is 0 Å². The van der Waals surface area contributed by atoms with Crippen LogP contribution in [0.5, 0.6) is 11.6 Å². The fraction of sp³-hybridized carbons (Fsp3) is 0.0769. The van der Waals surface area contributed by atoms with Crippen LogP contribution in [0.4, 0.5) is 0 Å². The molecule has 0 saturated heterocycles.